The molecule has 0 aliphatic carbocycles. The van der Waals surface area contributed by atoms with E-state index in [4.69, 9.17) is 16.3 Å². The highest BCUT2D eigenvalue weighted by atomic mass is 35.5. The van der Waals surface area contributed by atoms with Gasteiger partial charge in [0, 0.05) is 22.5 Å². The maximum absolute atomic E-state index is 13.0. The molecule has 3 rings (SSSR count). The Morgan fingerprint density at radius 2 is 2.00 bits per heavy atom. The summed E-state index contributed by atoms with van der Waals surface area (Å²) >= 11 is 7.12. The lowest BCUT2D eigenvalue weighted by Crippen LogP contribution is -2.13. The Labute approximate surface area is 190 Å². The van der Waals surface area contributed by atoms with Gasteiger partial charge in [-0.15, -0.1) is 11.3 Å². The molecule has 1 N–H and O–H groups in total. The maximum Gasteiger partial charge on any atom is 0.416 e. The Morgan fingerprint density at radius 3 is 2.62 bits per heavy atom. The van der Waals surface area contributed by atoms with Crippen LogP contribution in [0.2, 0.25) is 5.02 Å². The lowest BCUT2D eigenvalue weighted by molar-refractivity contribution is -0.137. The van der Waals surface area contributed by atoms with Crippen molar-refractivity contribution in [1.82, 2.24) is 4.98 Å². The van der Waals surface area contributed by atoms with Crippen molar-refractivity contribution in [3.05, 3.63) is 80.8 Å². The van der Waals surface area contributed by atoms with E-state index in [1.54, 1.807) is 24.3 Å². The summed E-state index contributed by atoms with van der Waals surface area (Å²) in [4.78, 5) is 17.1. The highest BCUT2D eigenvalue weighted by Crippen LogP contribution is 2.33. The fourth-order valence-electron chi connectivity index (χ4n) is 2.70. The van der Waals surface area contributed by atoms with Crippen LogP contribution in [0.1, 0.15) is 21.6 Å². The first kappa shape index (κ1) is 23.3. The number of halogens is 4. The average molecular weight is 478 g/mol. The molecule has 0 aliphatic heterocycles. The van der Waals surface area contributed by atoms with E-state index in [0.717, 1.165) is 23.5 Å². The first-order valence-corrected chi connectivity index (χ1v) is 10.3. The predicted octanol–water partition coefficient (Wildman–Crippen LogP) is 5.96. The summed E-state index contributed by atoms with van der Waals surface area (Å²) in [6.07, 6.45) is -1.50. The number of thiazole rings is 1. The van der Waals surface area contributed by atoms with Gasteiger partial charge in [0.15, 0.2) is 5.13 Å². The molecule has 164 valence electrons. The van der Waals surface area contributed by atoms with Crippen molar-refractivity contribution in [1.29, 1.82) is 5.26 Å². The number of nitrogens with zero attached hydrogens (tertiary/aromatic N) is 2. The topological polar surface area (TPSA) is 75.0 Å². The second kappa shape index (κ2) is 9.85. The highest BCUT2D eigenvalue weighted by Gasteiger charge is 2.31. The number of methoxy groups -OCH3 is 1. The van der Waals surface area contributed by atoms with E-state index >= 15 is 0 Å². The molecule has 0 atom stereocenters. The zero-order chi connectivity index (χ0) is 23.3. The number of rotatable bonds is 6. The average Bonchev–Trinajstić information content (AvgIpc) is 3.19. The van der Waals surface area contributed by atoms with Crippen LogP contribution in [0.4, 0.5) is 18.3 Å². The quantitative estimate of drug-likeness (QED) is 0.351. The van der Waals surface area contributed by atoms with Crippen molar-refractivity contribution in [2.45, 2.75) is 12.6 Å². The number of alkyl halides is 3. The summed E-state index contributed by atoms with van der Waals surface area (Å²) < 4.78 is 43.9. The standard InChI is InChI=1S/C22H15ClF3N3O2S/c1-31-17-5-2-13(3-6-17)8-15(11-27)20(30)29-21-28-12-18(32-21)10-14-9-16(22(24,25)26)4-7-19(14)23/h2-9,12H,10H2,1H3,(H,28,29,30). The Morgan fingerprint density at radius 1 is 1.28 bits per heavy atom. The number of hydrogen-bond acceptors (Lipinski definition) is 5. The van der Waals surface area contributed by atoms with Crippen LogP contribution in [0.15, 0.2) is 54.2 Å². The maximum atomic E-state index is 13.0. The van der Waals surface area contributed by atoms with Crippen LogP contribution in [0.3, 0.4) is 0 Å². The van der Waals surface area contributed by atoms with Gasteiger partial charge in [0.1, 0.15) is 17.4 Å². The van der Waals surface area contributed by atoms with Gasteiger partial charge < -0.3 is 4.74 Å². The number of amides is 1. The highest BCUT2D eigenvalue weighted by molar-refractivity contribution is 7.15. The normalized spacial score (nSPS) is 11.7. The van der Waals surface area contributed by atoms with E-state index in [2.05, 4.69) is 10.3 Å². The van der Waals surface area contributed by atoms with Crippen molar-refractivity contribution >= 4 is 40.1 Å². The van der Waals surface area contributed by atoms with Crippen molar-refractivity contribution in [2.75, 3.05) is 12.4 Å². The van der Waals surface area contributed by atoms with Gasteiger partial charge in [-0.1, -0.05) is 23.7 Å². The molecule has 0 fully saturated rings. The van der Waals surface area contributed by atoms with Gasteiger partial charge in [0.25, 0.3) is 5.91 Å². The number of anilines is 1. The molecule has 0 unspecified atom stereocenters. The minimum absolute atomic E-state index is 0.114. The van der Waals surface area contributed by atoms with Crippen molar-refractivity contribution in [3.8, 4) is 11.8 Å². The van der Waals surface area contributed by atoms with E-state index in [1.807, 2.05) is 6.07 Å². The van der Waals surface area contributed by atoms with Crippen LogP contribution in [-0.4, -0.2) is 18.0 Å². The lowest BCUT2D eigenvalue weighted by atomic mass is 10.1. The third-order valence-corrected chi connectivity index (χ3v) is 5.59. The van der Waals surface area contributed by atoms with E-state index in [1.165, 1.54) is 25.4 Å². The number of carbonyl (C=O) groups excluding carboxylic acids is 1. The van der Waals surface area contributed by atoms with Crippen molar-refractivity contribution in [2.24, 2.45) is 0 Å². The third-order valence-electron chi connectivity index (χ3n) is 4.30. The molecule has 0 aliphatic rings. The van der Waals surface area contributed by atoms with Crippen molar-refractivity contribution < 1.29 is 22.7 Å². The molecule has 5 nitrogen and oxygen atoms in total. The lowest BCUT2D eigenvalue weighted by Gasteiger charge is -2.09. The molecule has 2 aromatic carbocycles. The number of aromatic nitrogens is 1. The van der Waals surface area contributed by atoms with Gasteiger partial charge in [0.05, 0.1) is 12.7 Å². The Balaban J connectivity index is 1.72. The molecule has 0 spiro atoms. The second-order valence-corrected chi connectivity index (χ2v) is 8.03. The fraction of sp³-hybridized carbons (Fsp3) is 0.136. The van der Waals surface area contributed by atoms with Crippen LogP contribution in [-0.2, 0) is 17.4 Å². The predicted molar refractivity (Wildman–Crippen MR) is 117 cm³/mol. The number of nitriles is 1. The first-order valence-electron chi connectivity index (χ1n) is 9.07. The van der Waals surface area contributed by atoms with Crippen molar-refractivity contribution in [3.63, 3.8) is 0 Å². The SMILES string of the molecule is COc1ccc(C=C(C#N)C(=O)Nc2ncc(Cc3cc(C(F)(F)F)ccc3Cl)s2)cc1. The van der Waals surface area contributed by atoms with Crippen LogP contribution >= 0.6 is 22.9 Å². The summed E-state index contributed by atoms with van der Waals surface area (Å²) in [5.74, 6) is -0.0115. The molecule has 0 radical (unpaired) electrons. The Hall–Kier alpha value is -3.35. The summed E-state index contributed by atoms with van der Waals surface area (Å²) in [6, 6.07) is 11.8. The number of nitrogens with one attached hydrogen (secondary N) is 1. The molecular weight excluding hydrogens is 463 g/mol. The minimum Gasteiger partial charge on any atom is -0.497 e. The molecule has 1 amide bonds. The van der Waals surface area contributed by atoms with Gasteiger partial charge >= 0.3 is 6.18 Å². The van der Waals surface area contributed by atoms with E-state index < -0.39 is 17.6 Å². The third kappa shape index (κ3) is 5.87. The van der Waals surface area contributed by atoms with Gasteiger partial charge in [-0.2, -0.15) is 18.4 Å². The van der Waals surface area contributed by atoms with Gasteiger partial charge in [-0.25, -0.2) is 4.98 Å². The molecule has 32 heavy (non-hydrogen) atoms. The van der Waals surface area contributed by atoms with Gasteiger partial charge in [-0.05, 0) is 47.5 Å². The smallest absolute Gasteiger partial charge is 0.416 e. The molecule has 3 aromatic rings. The molecule has 1 heterocycles. The zero-order valence-electron chi connectivity index (χ0n) is 16.5. The molecule has 0 bridgehead atoms. The molecule has 0 saturated heterocycles. The number of benzene rings is 2. The fourth-order valence-corrected chi connectivity index (χ4v) is 3.72. The first-order chi connectivity index (χ1) is 15.2. The van der Waals surface area contributed by atoms with Gasteiger partial charge in [-0.3, -0.25) is 10.1 Å². The van der Waals surface area contributed by atoms with Crippen LogP contribution in [0.5, 0.6) is 5.75 Å². The number of hydrogen-bond donors (Lipinski definition) is 1. The molecular formula is C22H15ClF3N3O2S. The summed E-state index contributed by atoms with van der Waals surface area (Å²) in [5, 5.41) is 12.3. The summed E-state index contributed by atoms with van der Waals surface area (Å²) in [7, 11) is 1.53. The number of ether oxygens (including phenoxy) is 1. The van der Waals surface area contributed by atoms with E-state index in [9.17, 15) is 23.2 Å². The van der Waals surface area contributed by atoms with E-state index in [0.29, 0.717) is 21.8 Å². The zero-order valence-corrected chi connectivity index (χ0v) is 18.1. The second-order valence-electron chi connectivity index (χ2n) is 6.51. The number of carbonyl (C=O) groups is 1. The van der Waals surface area contributed by atoms with Gasteiger partial charge in [0.2, 0.25) is 0 Å². The largest absolute Gasteiger partial charge is 0.497 e. The van der Waals surface area contributed by atoms with E-state index in [-0.39, 0.29) is 22.1 Å². The molecule has 10 heteroatoms. The van der Waals surface area contributed by atoms with Crippen LogP contribution in [0.25, 0.3) is 6.08 Å². The summed E-state index contributed by atoms with van der Waals surface area (Å²) in [6.45, 7) is 0. The molecule has 0 saturated carbocycles. The Bertz CT molecular complexity index is 1200. The summed E-state index contributed by atoms with van der Waals surface area (Å²) in [5.41, 5.74) is 0.00163. The van der Waals surface area contributed by atoms with Crippen LogP contribution in [0, 0.1) is 11.3 Å². The Kier molecular flexibility index (Phi) is 7.18. The minimum atomic E-state index is -4.48. The monoisotopic (exact) mass is 477 g/mol. The van der Waals surface area contributed by atoms with Crippen LogP contribution < -0.4 is 10.1 Å². The molecule has 1 aromatic heterocycles.